The zero-order chi connectivity index (χ0) is 29.7. The standard InChI is InChI=1S/C42H27NS2/c1-3-9-28(10-4-1)32-17-22-37-41(26-32)45-42-27-33(29-11-5-2-6-12-29)18-23-38(42)43(37)34-20-15-30(16-21-34)31-19-24-40-36(25-31)35-13-7-8-14-39(35)44-40/h1-27H. The lowest BCUT2D eigenvalue weighted by Crippen LogP contribution is -2.15. The zero-order valence-electron chi connectivity index (χ0n) is 24.4. The van der Waals surface area contributed by atoms with Crippen LogP contribution in [0.25, 0.3) is 53.6 Å². The van der Waals surface area contributed by atoms with Crippen molar-refractivity contribution < 1.29 is 0 Å². The third kappa shape index (κ3) is 4.64. The van der Waals surface area contributed by atoms with Gasteiger partial charge in [0.2, 0.25) is 0 Å². The number of fused-ring (bicyclic) bond motifs is 5. The maximum absolute atomic E-state index is 2.42. The van der Waals surface area contributed by atoms with Crippen LogP contribution in [0.4, 0.5) is 17.1 Å². The summed E-state index contributed by atoms with van der Waals surface area (Å²) in [5, 5.41) is 2.66. The molecule has 0 saturated heterocycles. The van der Waals surface area contributed by atoms with Crippen molar-refractivity contribution in [3.8, 4) is 33.4 Å². The predicted molar refractivity (Wildman–Crippen MR) is 194 cm³/mol. The van der Waals surface area contributed by atoms with Crippen LogP contribution in [-0.4, -0.2) is 0 Å². The third-order valence-corrected chi connectivity index (χ3v) is 10.9. The van der Waals surface area contributed by atoms with Crippen molar-refractivity contribution >= 4 is 60.3 Å². The van der Waals surface area contributed by atoms with Gasteiger partial charge in [-0.25, -0.2) is 0 Å². The molecule has 0 N–H and O–H groups in total. The van der Waals surface area contributed by atoms with Crippen molar-refractivity contribution in [1.29, 1.82) is 0 Å². The van der Waals surface area contributed by atoms with Crippen molar-refractivity contribution in [1.82, 2.24) is 0 Å². The summed E-state index contributed by atoms with van der Waals surface area (Å²) in [4.78, 5) is 4.94. The second-order valence-corrected chi connectivity index (χ2v) is 13.6. The highest BCUT2D eigenvalue weighted by molar-refractivity contribution is 7.99. The van der Waals surface area contributed by atoms with E-state index in [1.807, 2.05) is 23.1 Å². The SMILES string of the molecule is c1ccc(-c2ccc3c(c2)Sc2cc(-c4ccccc4)ccc2N3c2ccc(-c3ccc4sc5ccccc5c4c3)cc2)cc1. The van der Waals surface area contributed by atoms with Gasteiger partial charge in [0.05, 0.1) is 11.4 Å². The van der Waals surface area contributed by atoms with Crippen LogP contribution in [0.2, 0.25) is 0 Å². The summed E-state index contributed by atoms with van der Waals surface area (Å²) in [6.45, 7) is 0. The molecule has 0 fully saturated rings. The molecule has 1 nitrogen and oxygen atoms in total. The van der Waals surface area contributed by atoms with Crippen LogP contribution in [0.15, 0.2) is 174 Å². The molecule has 0 radical (unpaired) electrons. The fourth-order valence-electron chi connectivity index (χ4n) is 6.42. The summed E-state index contributed by atoms with van der Waals surface area (Å²) in [5.41, 5.74) is 11.0. The minimum atomic E-state index is 1.16. The number of anilines is 3. The van der Waals surface area contributed by atoms with Crippen LogP contribution in [-0.2, 0) is 0 Å². The van der Waals surface area contributed by atoms with Crippen LogP contribution in [0.1, 0.15) is 0 Å². The van der Waals surface area contributed by atoms with Crippen molar-refractivity contribution in [3.63, 3.8) is 0 Å². The summed E-state index contributed by atoms with van der Waals surface area (Å²) in [6, 6.07) is 59.7. The molecule has 0 atom stereocenters. The van der Waals surface area contributed by atoms with Crippen LogP contribution in [0, 0.1) is 0 Å². The number of thiophene rings is 1. The van der Waals surface area contributed by atoms with Gasteiger partial charge in [-0.05, 0) is 88.0 Å². The Morgan fingerprint density at radius 3 is 1.49 bits per heavy atom. The van der Waals surface area contributed by atoms with E-state index in [1.165, 1.54) is 74.7 Å². The molecule has 45 heavy (non-hydrogen) atoms. The fraction of sp³-hybridized carbons (Fsp3) is 0. The highest BCUT2D eigenvalue weighted by atomic mass is 32.2. The van der Waals surface area contributed by atoms with Crippen molar-refractivity contribution in [2.45, 2.75) is 9.79 Å². The van der Waals surface area contributed by atoms with Gasteiger partial charge in [0.1, 0.15) is 0 Å². The van der Waals surface area contributed by atoms with E-state index in [0.717, 1.165) is 5.69 Å². The molecule has 3 heteroatoms. The summed E-state index contributed by atoms with van der Waals surface area (Å²) in [7, 11) is 0. The molecular weight excluding hydrogens is 583 g/mol. The molecule has 7 aromatic carbocycles. The molecule has 2 heterocycles. The van der Waals surface area contributed by atoms with Crippen molar-refractivity contribution in [3.05, 3.63) is 164 Å². The molecule has 212 valence electrons. The second kappa shape index (κ2) is 10.8. The van der Waals surface area contributed by atoms with E-state index in [-0.39, 0.29) is 0 Å². The number of rotatable bonds is 4. The predicted octanol–water partition coefficient (Wildman–Crippen LogP) is 13.0. The van der Waals surface area contributed by atoms with Gasteiger partial charge in [0.25, 0.3) is 0 Å². The minimum absolute atomic E-state index is 1.16. The Kier molecular flexibility index (Phi) is 6.33. The van der Waals surface area contributed by atoms with Gasteiger partial charge >= 0.3 is 0 Å². The lowest BCUT2D eigenvalue weighted by Gasteiger charge is -2.33. The van der Waals surface area contributed by atoms with E-state index < -0.39 is 0 Å². The Morgan fingerprint density at radius 2 is 0.844 bits per heavy atom. The first-order valence-electron chi connectivity index (χ1n) is 15.2. The Balaban J connectivity index is 1.14. The molecule has 0 saturated carbocycles. The Labute approximate surface area is 271 Å². The van der Waals surface area contributed by atoms with E-state index in [1.54, 1.807) is 0 Å². The summed E-state index contributed by atoms with van der Waals surface area (Å²) < 4.78 is 2.67. The first-order valence-corrected chi connectivity index (χ1v) is 16.8. The maximum Gasteiger partial charge on any atom is 0.0602 e. The molecule has 8 aromatic rings. The monoisotopic (exact) mass is 609 g/mol. The van der Waals surface area contributed by atoms with E-state index in [0.29, 0.717) is 0 Å². The van der Waals surface area contributed by atoms with Crippen molar-refractivity contribution in [2.24, 2.45) is 0 Å². The maximum atomic E-state index is 2.42. The first kappa shape index (κ1) is 26.3. The van der Waals surface area contributed by atoms with Crippen molar-refractivity contribution in [2.75, 3.05) is 4.90 Å². The third-order valence-electron chi connectivity index (χ3n) is 8.67. The van der Waals surface area contributed by atoms with Gasteiger partial charge < -0.3 is 4.90 Å². The number of hydrogen-bond donors (Lipinski definition) is 0. The fourth-order valence-corrected chi connectivity index (χ4v) is 8.64. The van der Waals surface area contributed by atoms with Crippen LogP contribution in [0.5, 0.6) is 0 Å². The number of hydrogen-bond acceptors (Lipinski definition) is 3. The Bertz CT molecular complexity index is 2250. The number of nitrogens with zero attached hydrogens (tertiary/aromatic N) is 1. The van der Waals surface area contributed by atoms with Gasteiger partial charge in [-0.15, -0.1) is 11.3 Å². The molecule has 1 aliphatic rings. The average molecular weight is 610 g/mol. The second-order valence-electron chi connectivity index (χ2n) is 11.4. The quantitative estimate of drug-likeness (QED) is 0.195. The molecule has 9 rings (SSSR count). The van der Waals surface area contributed by atoms with Crippen LogP contribution >= 0.6 is 23.1 Å². The van der Waals surface area contributed by atoms with E-state index in [4.69, 9.17) is 0 Å². The van der Waals surface area contributed by atoms with Gasteiger partial charge in [0, 0.05) is 35.7 Å². The molecule has 0 spiro atoms. The van der Waals surface area contributed by atoms with Gasteiger partial charge in [0.15, 0.2) is 0 Å². The van der Waals surface area contributed by atoms with E-state index in [9.17, 15) is 0 Å². The average Bonchev–Trinajstić information content (AvgIpc) is 3.49. The lowest BCUT2D eigenvalue weighted by atomic mass is 10.0. The largest absolute Gasteiger partial charge is 0.308 e. The molecule has 0 unspecified atom stereocenters. The topological polar surface area (TPSA) is 3.24 Å². The minimum Gasteiger partial charge on any atom is -0.308 e. The van der Waals surface area contributed by atoms with Crippen LogP contribution in [0.3, 0.4) is 0 Å². The normalized spacial score (nSPS) is 12.3. The summed E-state index contributed by atoms with van der Waals surface area (Å²) in [6.07, 6.45) is 0. The zero-order valence-corrected chi connectivity index (χ0v) is 26.0. The highest BCUT2D eigenvalue weighted by Gasteiger charge is 2.26. The molecule has 0 aliphatic carbocycles. The lowest BCUT2D eigenvalue weighted by molar-refractivity contribution is 1.17. The molecular formula is C42H27NS2. The Morgan fingerprint density at radius 1 is 0.356 bits per heavy atom. The molecule has 0 bridgehead atoms. The first-order chi connectivity index (χ1) is 22.3. The Hall–Kier alpha value is -5.09. The summed E-state index contributed by atoms with van der Waals surface area (Å²) >= 11 is 3.72. The highest BCUT2D eigenvalue weighted by Crippen LogP contribution is 2.53. The smallest absolute Gasteiger partial charge is 0.0602 e. The van der Waals surface area contributed by atoms with Crippen LogP contribution < -0.4 is 4.90 Å². The van der Waals surface area contributed by atoms with E-state index >= 15 is 0 Å². The van der Waals surface area contributed by atoms with E-state index in [2.05, 4.69) is 169 Å². The summed E-state index contributed by atoms with van der Waals surface area (Å²) in [5.74, 6) is 0. The molecule has 1 aromatic heterocycles. The number of benzene rings is 7. The van der Waals surface area contributed by atoms with Gasteiger partial charge in [-0.3, -0.25) is 0 Å². The van der Waals surface area contributed by atoms with Gasteiger partial charge in [-0.2, -0.15) is 0 Å². The molecule has 1 aliphatic heterocycles. The van der Waals surface area contributed by atoms with Gasteiger partial charge in [-0.1, -0.05) is 121 Å². The molecule has 0 amide bonds.